The molecule has 0 aliphatic heterocycles. The van der Waals surface area contributed by atoms with Crippen molar-refractivity contribution >= 4 is 11.5 Å². The number of aliphatic hydroxyl groups is 2. The van der Waals surface area contributed by atoms with Gasteiger partial charge in [-0.2, -0.15) is 0 Å². The zero-order chi connectivity index (χ0) is 23.8. The Balaban J connectivity index is 1.60. The second-order valence-corrected chi connectivity index (χ2v) is 8.98. The average Bonchev–Trinajstić information content (AvgIpc) is 2.79. The van der Waals surface area contributed by atoms with E-state index >= 15 is 0 Å². The molecule has 0 bridgehead atoms. The number of carbonyl (C=O) groups excluding carboxylic acids is 1. The lowest BCUT2D eigenvalue weighted by molar-refractivity contribution is -0.123. The zero-order valence-electron chi connectivity index (χ0n) is 18.6. The number of nitrogens with two attached hydrogens (primary N) is 1. The fourth-order valence-electron chi connectivity index (χ4n) is 4.46. The van der Waals surface area contributed by atoms with Gasteiger partial charge in [0.25, 0.3) is 0 Å². The first kappa shape index (κ1) is 22.9. The Kier molecular flexibility index (Phi) is 6.23. The minimum Gasteiger partial charge on any atom is -0.397 e. The standard InChI is InChI=1S/C25H27FN4O3/c1-14-9-15(11-23(32)25(14,2)33)18-7-8-28-12-16(18)10-22(31)24-19(27)4-6-21(30-24)20-5-3-17(26)13-29-20/h3-8,12-15,23,32-33H,9-11,27H2,1-2H3/t14-,15+,23+,25+/m0/s1. The fourth-order valence-corrected chi connectivity index (χ4v) is 4.46. The number of ketones is 1. The van der Waals surface area contributed by atoms with E-state index in [1.807, 2.05) is 13.0 Å². The summed E-state index contributed by atoms with van der Waals surface area (Å²) in [5.41, 5.74) is 7.79. The monoisotopic (exact) mass is 450 g/mol. The number of aliphatic hydroxyl groups excluding tert-OH is 1. The number of hydrogen-bond acceptors (Lipinski definition) is 7. The molecule has 0 aromatic carbocycles. The summed E-state index contributed by atoms with van der Waals surface area (Å²) in [6.07, 6.45) is 4.67. The van der Waals surface area contributed by atoms with Gasteiger partial charge in [0.2, 0.25) is 0 Å². The first-order valence-electron chi connectivity index (χ1n) is 10.9. The van der Waals surface area contributed by atoms with Gasteiger partial charge in [0.15, 0.2) is 5.78 Å². The van der Waals surface area contributed by atoms with Crippen molar-refractivity contribution in [2.75, 3.05) is 5.73 Å². The molecule has 172 valence electrons. The summed E-state index contributed by atoms with van der Waals surface area (Å²) in [4.78, 5) is 25.8. The van der Waals surface area contributed by atoms with Crippen LogP contribution in [0.1, 0.15) is 54.2 Å². The molecule has 3 aromatic rings. The predicted molar refractivity (Wildman–Crippen MR) is 122 cm³/mol. The molecule has 4 rings (SSSR count). The lowest BCUT2D eigenvalue weighted by Crippen LogP contribution is -2.49. The van der Waals surface area contributed by atoms with Crippen LogP contribution < -0.4 is 5.73 Å². The fraction of sp³-hybridized carbons (Fsp3) is 0.360. The maximum atomic E-state index is 13.2. The van der Waals surface area contributed by atoms with Crippen molar-refractivity contribution in [3.8, 4) is 11.4 Å². The Morgan fingerprint density at radius 1 is 1.18 bits per heavy atom. The minimum absolute atomic E-state index is 0.0129. The Morgan fingerprint density at radius 3 is 2.64 bits per heavy atom. The molecule has 1 saturated carbocycles. The van der Waals surface area contributed by atoms with Crippen LogP contribution in [0, 0.1) is 11.7 Å². The van der Waals surface area contributed by atoms with Crippen molar-refractivity contribution < 1.29 is 19.4 Å². The highest BCUT2D eigenvalue weighted by Gasteiger charge is 2.43. The molecule has 1 aliphatic rings. The van der Waals surface area contributed by atoms with Gasteiger partial charge in [0.1, 0.15) is 11.5 Å². The van der Waals surface area contributed by atoms with Crippen molar-refractivity contribution in [1.29, 1.82) is 0 Å². The number of anilines is 1. The summed E-state index contributed by atoms with van der Waals surface area (Å²) in [6, 6.07) is 7.86. The van der Waals surface area contributed by atoms with Crippen LogP contribution in [0.15, 0.2) is 48.9 Å². The first-order valence-corrected chi connectivity index (χ1v) is 10.9. The SMILES string of the molecule is C[C@H]1C[C@@H](c2ccncc2CC(=O)c2nc(-c3ccc(F)cn3)ccc2N)C[C@@H](O)[C@]1(C)O. The Bertz CT molecular complexity index is 1150. The van der Waals surface area contributed by atoms with Gasteiger partial charge in [-0.25, -0.2) is 9.37 Å². The highest BCUT2D eigenvalue weighted by Crippen LogP contribution is 2.42. The van der Waals surface area contributed by atoms with Crippen LogP contribution in [0.3, 0.4) is 0 Å². The molecule has 7 nitrogen and oxygen atoms in total. The van der Waals surface area contributed by atoms with Gasteiger partial charge in [-0.3, -0.25) is 14.8 Å². The number of nitrogens with zero attached hydrogens (tertiary/aromatic N) is 3. The van der Waals surface area contributed by atoms with Crippen molar-refractivity contribution in [3.05, 3.63) is 71.6 Å². The summed E-state index contributed by atoms with van der Waals surface area (Å²) in [7, 11) is 0. The first-order chi connectivity index (χ1) is 15.7. The van der Waals surface area contributed by atoms with Gasteiger partial charge < -0.3 is 15.9 Å². The number of Topliss-reactive ketones (excluding diaryl/α,β-unsaturated/α-hetero) is 1. The molecule has 4 N–H and O–H groups in total. The van der Waals surface area contributed by atoms with Gasteiger partial charge in [-0.15, -0.1) is 0 Å². The smallest absolute Gasteiger partial charge is 0.187 e. The molecule has 1 fully saturated rings. The maximum absolute atomic E-state index is 13.2. The van der Waals surface area contributed by atoms with Crippen molar-refractivity contribution in [1.82, 2.24) is 15.0 Å². The summed E-state index contributed by atoms with van der Waals surface area (Å²) in [6.45, 7) is 3.58. The van der Waals surface area contributed by atoms with Gasteiger partial charge in [-0.05, 0) is 73.1 Å². The van der Waals surface area contributed by atoms with E-state index in [-0.39, 0.29) is 35.4 Å². The maximum Gasteiger partial charge on any atom is 0.187 e. The van der Waals surface area contributed by atoms with Crippen molar-refractivity contribution in [2.24, 2.45) is 5.92 Å². The molecule has 8 heteroatoms. The second kappa shape index (κ2) is 8.96. The van der Waals surface area contributed by atoms with Crippen LogP contribution in [0.4, 0.5) is 10.1 Å². The van der Waals surface area contributed by atoms with E-state index in [2.05, 4.69) is 15.0 Å². The summed E-state index contributed by atoms with van der Waals surface area (Å²) in [5, 5.41) is 21.0. The van der Waals surface area contributed by atoms with Crippen LogP contribution in [-0.2, 0) is 6.42 Å². The molecule has 0 saturated heterocycles. The molecule has 3 aromatic heterocycles. The summed E-state index contributed by atoms with van der Waals surface area (Å²) < 4.78 is 13.2. The van der Waals surface area contributed by atoms with E-state index in [0.717, 1.165) is 17.3 Å². The molecule has 0 unspecified atom stereocenters. The van der Waals surface area contributed by atoms with Crippen LogP contribution in [-0.4, -0.2) is 42.7 Å². The van der Waals surface area contributed by atoms with Crippen LogP contribution in [0.2, 0.25) is 0 Å². The predicted octanol–water partition coefficient (Wildman–Crippen LogP) is 3.31. The topological polar surface area (TPSA) is 122 Å². The largest absolute Gasteiger partial charge is 0.397 e. The summed E-state index contributed by atoms with van der Waals surface area (Å²) in [5.74, 6) is -0.860. The third-order valence-electron chi connectivity index (χ3n) is 6.73. The number of nitrogen functional groups attached to an aromatic ring is 1. The lowest BCUT2D eigenvalue weighted by Gasteiger charge is -2.43. The van der Waals surface area contributed by atoms with E-state index in [0.29, 0.717) is 24.2 Å². The molecule has 3 heterocycles. The van der Waals surface area contributed by atoms with E-state index in [1.165, 1.54) is 12.1 Å². The zero-order valence-corrected chi connectivity index (χ0v) is 18.6. The van der Waals surface area contributed by atoms with Crippen LogP contribution >= 0.6 is 0 Å². The molecule has 0 radical (unpaired) electrons. The van der Waals surface area contributed by atoms with Gasteiger partial charge in [0, 0.05) is 18.8 Å². The van der Waals surface area contributed by atoms with Crippen molar-refractivity contribution in [3.63, 3.8) is 0 Å². The third-order valence-corrected chi connectivity index (χ3v) is 6.73. The molecule has 33 heavy (non-hydrogen) atoms. The van der Waals surface area contributed by atoms with E-state index in [9.17, 15) is 19.4 Å². The van der Waals surface area contributed by atoms with E-state index in [1.54, 1.807) is 31.5 Å². The van der Waals surface area contributed by atoms with Crippen LogP contribution in [0.5, 0.6) is 0 Å². The van der Waals surface area contributed by atoms with Gasteiger partial charge in [-0.1, -0.05) is 6.92 Å². The number of hydrogen-bond donors (Lipinski definition) is 3. The number of carbonyl (C=O) groups is 1. The van der Waals surface area contributed by atoms with E-state index in [4.69, 9.17) is 5.73 Å². The molecule has 0 spiro atoms. The van der Waals surface area contributed by atoms with Crippen LogP contribution in [0.25, 0.3) is 11.4 Å². The number of aromatic nitrogens is 3. The Morgan fingerprint density at radius 2 is 1.94 bits per heavy atom. The Hall–Kier alpha value is -3.23. The lowest BCUT2D eigenvalue weighted by atomic mass is 9.68. The minimum atomic E-state index is -1.15. The van der Waals surface area contributed by atoms with Gasteiger partial charge in [0.05, 0.1) is 35.0 Å². The quantitative estimate of drug-likeness (QED) is 0.510. The van der Waals surface area contributed by atoms with Gasteiger partial charge >= 0.3 is 0 Å². The average molecular weight is 451 g/mol. The summed E-state index contributed by atoms with van der Waals surface area (Å²) >= 11 is 0. The molecule has 0 amide bonds. The van der Waals surface area contributed by atoms with Crippen molar-refractivity contribution in [2.45, 2.75) is 50.7 Å². The second-order valence-electron chi connectivity index (χ2n) is 8.98. The number of halogens is 1. The Labute approximate surface area is 191 Å². The molecular formula is C25H27FN4O3. The molecular weight excluding hydrogens is 423 g/mol. The number of pyridine rings is 3. The highest BCUT2D eigenvalue weighted by atomic mass is 19.1. The third kappa shape index (κ3) is 4.62. The normalized spacial score (nSPS) is 25.1. The highest BCUT2D eigenvalue weighted by molar-refractivity contribution is 6.00. The van der Waals surface area contributed by atoms with E-state index < -0.39 is 17.5 Å². The molecule has 1 aliphatic carbocycles. The number of rotatable bonds is 5. The molecule has 4 atom stereocenters.